The number of anilines is 3. The molecule has 0 fully saturated rings. The zero-order chi connectivity index (χ0) is 23.2. The molecule has 168 valence electrons. The van der Waals surface area contributed by atoms with Crippen LogP contribution < -0.4 is 21.3 Å². The van der Waals surface area contributed by atoms with Crippen molar-refractivity contribution in [3.63, 3.8) is 0 Å². The van der Waals surface area contributed by atoms with Gasteiger partial charge in [0.1, 0.15) is 0 Å². The third kappa shape index (κ3) is 4.81. The number of amides is 2. The SMILES string of the molecule is CCC(=O)N(CCCN)c1ccc(N/C(=C2\C(=O)Nc3ccccc32)c2ccccc2)cc1. The van der Waals surface area contributed by atoms with Gasteiger partial charge >= 0.3 is 0 Å². The monoisotopic (exact) mass is 440 g/mol. The first kappa shape index (κ1) is 22.3. The molecule has 0 unspecified atom stereocenters. The van der Waals surface area contributed by atoms with Crippen LogP contribution in [0.5, 0.6) is 0 Å². The minimum Gasteiger partial charge on any atom is -0.354 e. The van der Waals surface area contributed by atoms with Crippen LogP contribution in [0.15, 0.2) is 78.9 Å². The van der Waals surface area contributed by atoms with Crippen molar-refractivity contribution in [3.8, 4) is 0 Å². The van der Waals surface area contributed by atoms with E-state index in [0.29, 0.717) is 25.1 Å². The Kier molecular flexibility index (Phi) is 6.86. The van der Waals surface area contributed by atoms with E-state index in [0.717, 1.165) is 40.3 Å². The van der Waals surface area contributed by atoms with E-state index in [1.165, 1.54) is 0 Å². The molecule has 0 spiro atoms. The summed E-state index contributed by atoms with van der Waals surface area (Å²) in [5, 5.41) is 6.41. The third-order valence-corrected chi connectivity index (χ3v) is 5.62. The highest BCUT2D eigenvalue weighted by Gasteiger charge is 2.28. The number of fused-ring (bicyclic) bond motifs is 1. The second-order valence-electron chi connectivity index (χ2n) is 7.83. The number of nitrogens with zero attached hydrogens (tertiary/aromatic N) is 1. The molecule has 0 saturated heterocycles. The first-order valence-electron chi connectivity index (χ1n) is 11.2. The first-order valence-corrected chi connectivity index (χ1v) is 11.2. The molecule has 2 amide bonds. The molecule has 0 aromatic heterocycles. The van der Waals surface area contributed by atoms with Gasteiger partial charge in [0, 0.05) is 35.6 Å². The number of hydrogen-bond acceptors (Lipinski definition) is 4. The second-order valence-corrected chi connectivity index (χ2v) is 7.83. The molecule has 0 radical (unpaired) electrons. The zero-order valence-electron chi connectivity index (χ0n) is 18.7. The van der Waals surface area contributed by atoms with Gasteiger partial charge in [-0.15, -0.1) is 0 Å². The van der Waals surface area contributed by atoms with E-state index in [9.17, 15) is 9.59 Å². The van der Waals surface area contributed by atoms with Gasteiger partial charge in [-0.3, -0.25) is 9.59 Å². The smallest absolute Gasteiger partial charge is 0.258 e. The Bertz CT molecular complexity index is 1170. The largest absolute Gasteiger partial charge is 0.354 e. The first-order chi connectivity index (χ1) is 16.1. The summed E-state index contributed by atoms with van der Waals surface area (Å²) in [4.78, 5) is 27.1. The van der Waals surface area contributed by atoms with Gasteiger partial charge in [0.15, 0.2) is 0 Å². The van der Waals surface area contributed by atoms with E-state index < -0.39 is 0 Å². The topological polar surface area (TPSA) is 87.5 Å². The Morgan fingerprint density at radius 1 is 0.970 bits per heavy atom. The van der Waals surface area contributed by atoms with Crippen LogP contribution in [0, 0.1) is 0 Å². The molecule has 0 bridgehead atoms. The van der Waals surface area contributed by atoms with Crippen LogP contribution in [0.4, 0.5) is 17.1 Å². The van der Waals surface area contributed by atoms with Crippen LogP contribution in [-0.4, -0.2) is 24.9 Å². The summed E-state index contributed by atoms with van der Waals surface area (Å²) in [6.45, 7) is 2.98. The van der Waals surface area contributed by atoms with Crippen LogP contribution in [0.3, 0.4) is 0 Å². The molecular weight excluding hydrogens is 412 g/mol. The van der Waals surface area contributed by atoms with Crippen molar-refractivity contribution in [2.75, 3.05) is 28.6 Å². The summed E-state index contributed by atoms with van der Waals surface area (Å²) in [7, 11) is 0. The lowest BCUT2D eigenvalue weighted by Gasteiger charge is -2.23. The molecule has 3 aromatic carbocycles. The maximum Gasteiger partial charge on any atom is 0.258 e. The van der Waals surface area contributed by atoms with E-state index in [2.05, 4.69) is 10.6 Å². The Morgan fingerprint density at radius 2 is 1.67 bits per heavy atom. The quantitative estimate of drug-likeness (QED) is 0.443. The van der Waals surface area contributed by atoms with Crippen LogP contribution in [0.2, 0.25) is 0 Å². The molecule has 1 heterocycles. The van der Waals surface area contributed by atoms with Crippen molar-refractivity contribution < 1.29 is 9.59 Å². The van der Waals surface area contributed by atoms with Gasteiger partial charge in [-0.2, -0.15) is 0 Å². The lowest BCUT2D eigenvalue weighted by molar-refractivity contribution is -0.118. The average molecular weight is 441 g/mol. The number of carbonyl (C=O) groups excluding carboxylic acids is 2. The molecule has 33 heavy (non-hydrogen) atoms. The summed E-state index contributed by atoms with van der Waals surface area (Å²) in [5.41, 5.74) is 11.2. The minimum absolute atomic E-state index is 0.0653. The Morgan fingerprint density at radius 3 is 2.36 bits per heavy atom. The van der Waals surface area contributed by atoms with Gasteiger partial charge < -0.3 is 21.3 Å². The van der Waals surface area contributed by atoms with Crippen molar-refractivity contribution in [3.05, 3.63) is 90.0 Å². The summed E-state index contributed by atoms with van der Waals surface area (Å²) < 4.78 is 0. The third-order valence-electron chi connectivity index (χ3n) is 5.62. The number of nitrogens with two attached hydrogens (primary N) is 1. The van der Waals surface area contributed by atoms with E-state index in [-0.39, 0.29) is 11.8 Å². The molecule has 6 nitrogen and oxygen atoms in total. The molecular formula is C27H28N4O2. The fourth-order valence-corrected chi connectivity index (χ4v) is 3.96. The van der Waals surface area contributed by atoms with Gasteiger partial charge in [0.2, 0.25) is 5.91 Å². The normalized spacial score (nSPS) is 13.8. The maximum atomic E-state index is 12.9. The van der Waals surface area contributed by atoms with Gasteiger partial charge in [0.05, 0.1) is 11.3 Å². The van der Waals surface area contributed by atoms with Gasteiger partial charge in [0.25, 0.3) is 5.91 Å². The Balaban J connectivity index is 1.70. The minimum atomic E-state index is -0.138. The van der Waals surface area contributed by atoms with E-state index in [1.54, 1.807) is 4.90 Å². The van der Waals surface area contributed by atoms with Gasteiger partial charge in [-0.05, 0) is 48.9 Å². The predicted molar refractivity (Wildman–Crippen MR) is 135 cm³/mol. The number of carbonyl (C=O) groups is 2. The summed E-state index contributed by atoms with van der Waals surface area (Å²) >= 11 is 0. The fourth-order valence-electron chi connectivity index (χ4n) is 3.96. The molecule has 0 atom stereocenters. The number of hydrogen-bond donors (Lipinski definition) is 3. The van der Waals surface area contributed by atoms with Crippen LogP contribution >= 0.6 is 0 Å². The van der Waals surface area contributed by atoms with Crippen LogP contribution in [0.25, 0.3) is 11.3 Å². The highest BCUT2D eigenvalue weighted by atomic mass is 16.2. The maximum absolute atomic E-state index is 12.9. The molecule has 1 aliphatic heterocycles. The molecule has 1 aliphatic rings. The summed E-state index contributed by atoms with van der Waals surface area (Å²) in [6.07, 6.45) is 1.17. The number of benzene rings is 3. The molecule has 0 saturated carbocycles. The number of nitrogens with one attached hydrogen (secondary N) is 2. The van der Waals surface area contributed by atoms with Crippen molar-refractivity contribution in [2.45, 2.75) is 19.8 Å². The van der Waals surface area contributed by atoms with Crippen molar-refractivity contribution in [1.82, 2.24) is 0 Å². The van der Waals surface area contributed by atoms with Crippen molar-refractivity contribution >= 4 is 40.1 Å². The fraction of sp³-hybridized carbons (Fsp3) is 0.185. The highest BCUT2D eigenvalue weighted by Crippen LogP contribution is 2.37. The van der Waals surface area contributed by atoms with E-state index in [1.807, 2.05) is 85.8 Å². The lowest BCUT2D eigenvalue weighted by Crippen LogP contribution is -2.32. The molecule has 0 aliphatic carbocycles. The average Bonchev–Trinajstić information content (AvgIpc) is 3.19. The Hall–Kier alpha value is -3.90. The van der Waals surface area contributed by atoms with Crippen LogP contribution in [-0.2, 0) is 9.59 Å². The lowest BCUT2D eigenvalue weighted by atomic mass is 10.00. The number of rotatable bonds is 8. The molecule has 6 heteroatoms. The summed E-state index contributed by atoms with van der Waals surface area (Å²) in [5.74, 6) is -0.0730. The van der Waals surface area contributed by atoms with Gasteiger partial charge in [-0.25, -0.2) is 0 Å². The van der Waals surface area contributed by atoms with E-state index in [4.69, 9.17) is 5.73 Å². The molecule has 4 N–H and O–H groups in total. The standard InChI is InChI=1S/C27H28N4O2/c1-2-24(32)31(18-8-17-28)21-15-13-20(14-16-21)29-26(19-9-4-3-5-10-19)25-22-11-6-7-12-23(22)30-27(25)33/h3-7,9-16,29H,2,8,17-18,28H2,1H3,(H,30,33)/b26-25-. The van der Waals surface area contributed by atoms with Crippen molar-refractivity contribution in [2.24, 2.45) is 5.73 Å². The van der Waals surface area contributed by atoms with Gasteiger partial charge in [-0.1, -0.05) is 55.5 Å². The predicted octanol–water partition coefficient (Wildman–Crippen LogP) is 4.71. The second kappa shape index (κ2) is 10.1. The van der Waals surface area contributed by atoms with Crippen molar-refractivity contribution in [1.29, 1.82) is 0 Å². The molecule has 4 rings (SSSR count). The summed E-state index contributed by atoms with van der Waals surface area (Å²) in [6, 6.07) is 25.2. The highest BCUT2D eigenvalue weighted by molar-refractivity contribution is 6.37. The van der Waals surface area contributed by atoms with E-state index >= 15 is 0 Å². The van der Waals surface area contributed by atoms with Crippen LogP contribution in [0.1, 0.15) is 30.9 Å². The number of para-hydroxylation sites is 1. The Labute approximate surface area is 194 Å². The molecule has 3 aromatic rings. The zero-order valence-corrected chi connectivity index (χ0v) is 18.7.